The van der Waals surface area contributed by atoms with Crippen molar-refractivity contribution in [2.24, 2.45) is 0 Å². The SMILES string of the molecule is CSc1ncc(Br)cc1C(=O)NC(C)C. The Kier molecular flexibility index (Phi) is 4.60. The number of halogens is 1. The fourth-order valence-electron chi connectivity index (χ4n) is 1.09. The smallest absolute Gasteiger partial charge is 0.254 e. The van der Waals surface area contributed by atoms with E-state index in [1.807, 2.05) is 20.1 Å². The van der Waals surface area contributed by atoms with Gasteiger partial charge in [-0.15, -0.1) is 11.8 Å². The zero-order chi connectivity index (χ0) is 11.4. The first-order chi connectivity index (χ1) is 7.04. The monoisotopic (exact) mass is 288 g/mol. The molecule has 0 radical (unpaired) electrons. The van der Waals surface area contributed by atoms with Gasteiger partial charge < -0.3 is 5.32 Å². The van der Waals surface area contributed by atoms with Crippen LogP contribution in [-0.4, -0.2) is 23.2 Å². The molecule has 0 aliphatic heterocycles. The summed E-state index contributed by atoms with van der Waals surface area (Å²) in [5.41, 5.74) is 0.616. The molecule has 0 spiro atoms. The van der Waals surface area contributed by atoms with Gasteiger partial charge in [-0.3, -0.25) is 4.79 Å². The third kappa shape index (κ3) is 3.50. The van der Waals surface area contributed by atoms with Crippen LogP contribution in [0.3, 0.4) is 0 Å². The second kappa shape index (κ2) is 5.51. The second-order valence-corrected chi connectivity index (χ2v) is 5.05. The lowest BCUT2D eigenvalue weighted by molar-refractivity contribution is 0.0939. The van der Waals surface area contributed by atoms with Crippen molar-refractivity contribution >= 4 is 33.6 Å². The molecule has 5 heteroatoms. The molecule has 0 unspecified atom stereocenters. The lowest BCUT2D eigenvalue weighted by atomic mass is 10.2. The number of aromatic nitrogens is 1. The van der Waals surface area contributed by atoms with Gasteiger partial charge in [-0.05, 0) is 42.1 Å². The average Bonchev–Trinajstić information content (AvgIpc) is 2.16. The minimum absolute atomic E-state index is 0.0804. The number of nitrogens with zero attached hydrogens (tertiary/aromatic N) is 1. The molecular formula is C10H13BrN2OS. The summed E-state index contributed by atoms with van der Waals surface area (Å²) in [7, 11) is 0. The standard InChI is InChI=1S/C10H13BrN2OS/c1-6(2)13-9(14)8-4-7(11)5-12-10(8)15-3/h4-6H,1-3H3,(H,13,14). The summed E-state index contributed by atoms with van der Waals surface area (Å²) >= 11 is 4.78. The topological polar surface area (TPSA) is 42.0 Å². The minimum atomic E-state index is -0.0804. The summed E-state index contributed by atoms with van der Waals surface area (Å²) in [4.78, 5) is 16.0. The van der Waals surface area contributed by atoms with E-state index < -0.39 is 0 Å². The van der Waals surface area contributed by atoms with E-state index in [4.69, 9.17) is 0 Å². The summed E-state index contributed by atoms with van der Waals surface area (Å²) in [6.45, 7) is 3.87. The Morgan fingerprint density at radius 1 is 1.60 bits per heavy atom. The zero-order valence-electron chi connectivity index (χ0n) is 8.87. The minimum Gasteiger partial charge on any atom is -0.350 e. The number of hydrogen-bond acceptors (Lipinski definition) is 3. The molecule has 0 fully saturated rings. The first kappa shape index (κ1) is 12.5. The molecule has 0 saturated heterocycles. The van der Waals surface area contributed by atoms with E-state index in [0.29, 0.717) is 5.56 Å². The van der Waals surface area contributed by atoms with Crippen LogP contribution in [0.5, 0.6) is 0 Å². The molecule has 0 bridgehead atoms. The maximum atomic E-state index is 11.8. The Morgan fingerprint density at radius 3 is 2.80 bits per heavy atom. The first-order valence-electron chi connectivity index (χ1n) is 4.55. The van der Waals surface area contributed by atoms with Crippen molar-refractivity contribution in [3.63, 3.8) is 0 Å². The van der Waals surface area contributed by atoms with Gasteiger partial charge in [0, 0.05) is 16.7 Å². The Hall–Kier alpha value is -0.550. The maximum Gasteiger partial charge on any atom is 0.254 e. The van der Waals surface area contributed by atoms with Crippen LogP contribution in [0, 0.1) is 0 Å². The number of amides is 1. The van der Waals surface area contributed by atoms with E-state index in [1.165, 1.54) is 11.8 Å². The summed E-state index contributed by atoms with van der Waals surface area (Å²) in [6.07, 6.45) is 3.60. The lowest BCUT2D eigenvalue weighted by Gasteiger charge is -2.10. The lowest BCUT2D eigenvalue weighted by Crippen LogP contribution is -2.30. The predicted molar refractivity (Wildman–Crippen MR) is 66.3 cm³/mol. The molecule has 0 aromatic carbocycles. The quantitative estimate of drug-likeness (QED) is 0.870. The second-order valence-electron chi connectivity index (χ2n) is 3.34. The fraction of sp³-hybridized carbons (Fsp3) is 0.400. The fourth-order valence-corrected chi connectivity index (χ4v) is 1.95. The van der Waals surface area contributed by atoms with Gasteiger partial charge >= 0.3 is 0 Å². The van der Waals surface area contributed by atoms with Gasteiger partial charge in [-0.25, -0.2) is 4.98 Å². The number of carbonyl (C=O) groups excluding carboxylic acids is 1. The van der Waals surface area contributed by atoms with Crippen LogP contribution >= 0.6 is 27.7 Å². The molecule has 1 N–H and O–H groups in total. The van der Waals surface area contributed by atoms with Crippen LogP contribution in [0.4, 0.5) is 0 Å². The van der Waals surface area contributed by atoms with Crippen molar-refractivity contribution < 1.29 is 4.79 Å². The molecule has 1 aromatic rings. The Balaban J connectivity index is 3.00. The van der Waals surface area contributed by atoms with E-state index in [9.17, 15) is 4.79 Å². The Bertz CT molecular complexity index is 368. The summed E-state index contributed by atoms with van der Waals surface area (Å²) in [5.74, 6) is -0.0804. The van der Waals surface area contributed by atoms with Gasteiger partial charge in [0.15, 0.2) is 0 Å². The van der Waals surface area contributed by atoms with Crippen molar-refractivity contribution in [2.75, 3.05) is 6.26 Å². The Labute approximate surface area is 102 Å². The molecule has 1 amide bonds. The first-order valence-corrected chi connectivity index (χ1v) is 6.56. The largest absolute Gasteiger partial charge is 0.350 e. The van der Waals surface area contributed by atoms with Crippen molar-refractivity contribution in [1.82, 2.24) is 10.3 Å². The molecule has 0 saturated carbocycles. The van der Waals surface area contributed by atoms with Crippen LogP contribution in [0.2, 0.25) is 0 Å². The highest BCUT2D eigenvalue weighted by molar-refractivity contribution is 9.10. The third-order valence-corrected chi connectivity index (χ3v) is 2.82. The molecule has 0 atom stereocenters. The van der Waals surface area contributed by atoms with Gasteiger partial charge in [-0.1, -0.05) is 0 Å². The molecular weight excluding hydrogens is 276 g/mol. The van der Waals surface area contributed by atoms with Crippen LogP contribution in [-0.2, 0) is 0 Å². The molecule has 1 heterocycles. The normalized spacial score (nSPS) is 10.5. The van der Waals surface area contributed by atoms with E-state index in [0.717, 1.165) is 9.50 Å². The predicted octanol–water partition coefficient (Wildman–Crippen LogP) is 2.70. The van der Waals surface area contributed by atoms with E-state index >= 15 is 0 Å². The molecule has 3 nitrogen and oxygen atoms in total. The van der Waals surface area contributed by atoms with Crippen LogP contribution in [0.25, 0.3) is 0 Å². The maximum absolute atomic E-state index is 11.8. The van der Waals surface area contributed by atoms with Crippen molar-refractivity contribution in [1.29, 1.82) is 0 Å². The van der Waals surface area contributed by atoms with Gasteiger partial charge in [-0.2, -0.15) is 0 Å². The summed E-state index contributed by atoms with van der Waals surface area (Å²) in [6, 6.07) is 1.92. The highest BCUT2D eigenvalue weighted by Crippen LogP contribution is 2.21. The molecule has 0 aliphatic rings. The van der Waals surface area contributed by atoms with Crippen molar-refractivity contribution in [3.8, 4) is 0 Å². The number of thioether (sulfide) groups is 1. The number of hydrogen-bond donors (Lipinski definition) is 1. The van der Waals surface area contributed by atoms with Gasteiger partial charge in [0.2, 0.25) is 0 Å². The van der Waals surface area contributed by atoms with Gasteiger partial charge in [0.25, 0.3) is 5.91 Å². The number of nitrogens with one attached hydrogen (secondary N) is 1. The van der Waals surface area contributed by atoms with Crippen LogP contribution < -0.4 is 5.32 Å². The third-order valence-electron chi connectivity index (χ3n) is 1.68. The highest BCUT2D eigenvalue weighted by atomic mass is 79.9. The number of carbonyl (C=O) groups is 1. The van der Waals surface area contributed by atoms with E-state index in [-0.39, 0.29) is 11.9 Å². The van der Waals surface area contributed by atoms with Crippen LogP contribution in [0.1, 0.15) is 24.2 Å². The van der Waals surface area contributed by atoms with Gasteiger partial charge in [0.05, 0.1) is 5.56 Å². The summed E-state index contributed by atoms with van der Waals surface area (Å²) in [5, 5.41) is 3.59. The molecule has 1 rings (SSSR count). The number of pyridine rings is 1. The average molecular weight is 289 g/mol. The molecule has 0 aliphatic carbocycles. The highest BCUT2D eigenvalue weighted by Gasteiger charge is 2.13. The van der Waals surface area contributed by atoms with Crippen molar-refractivity contribution in [3.05, 3.63) is 22.3 Å². The molecule has 82 valence electrons. The molecule has 1 aromatic heterocycles. The summed E-state index contributed by atoms with van der Waals surface area (Å²) < 4.78 is 0.814. The van der Waals surface area contributed by atoms with Gasteiger partial charge in [0.1, 0.15) is 5.03 Å². The Morgan fingerprint density at radius 2 is 2.27 bits per heavy atom. The number of rotatable bonds is 3. The van der Waals surface area contributed by atoms with Crippen LogP contribution in [0.15, 0.2) is 21.8 Å². The van der Waals surface area contributed by atoms with E-state index in [1.54, 1.807) is 12.3 Å². The zero-order valence-corrected chi connectivity index (χ0v) is 11.3. The van der Waals surface area contributed by atoms with E-state index in [2.05, 4.69) is 26.2 Å². The molecule has 15 heavy (non-hydrogen) atoms. The van der Waals surface area contributed by atoms with Crippen molar-refractivity contribution in [2.45, 2.75) is 24.9 Å².